The number of nitrogens with zero attached hydrogens (tertiary/aromatic N) is 1. The Morgan fingerprint density at radius 1 is 1.18 bits per heavy atom. The molecule has 0 saturated carbocycles. The average molecular weight is 450 g/mol. The highest BCUT2D eigenvalue weighted by Gasteiger charge is 2.07. The molecule has 134 valence electrons. The van der Waals surface area contributed by atoms with Crippen LogP contribution in [0.4, 0.5) is 0 Å². The topological polar surface area (TPSA) is 103 Å². The van der Waals surface area contributed by atoms with Crippen LogP contribution in [0.25, 0.3) is 0 Å². The van der Waals surface area contributed by atoms with E-state index in [1.165, 1.54) is 0 Å². The molecule has 1 atom stereocenters. The molecule has 0 aliphatic rings. The summed E-state index contributed by atoms with van der Waals surface area (Å²) in [6.07, 6.45) is 4.00. The van der Waals surface area contributed by atoms with Gasteiger partial charge in [0.1, 0.15) is 0 Å². The Labute approximate surface area is 151 Å². The lowest BCUT2D eigenvalue weighted by Gasteiger charge is -2.15. The van der Waals surface area contributed by atoms with Crippen LogP contribution < -0.4 is 15.4 Å². The lowest BCUT2D eigenvalue weighted by Crippen LogP contribution is -2.41. The molecule has 7 nitrogen and oxygen atoms in total. The second-order valence-electron chi connectivity index (χ2n) is 4.98. The van der Waals surface area contributed by atoms with Crippen LogP contribution in [0, 0.1) is 5.92 Å². The van der Waals surface area contributed by atoms with E-state index in [1.807, 2.05) is 6.92 Å². The van der Waals surface area contributed by atoms with Crippen LogP contribution in [0.5, 0.6) is 0 Å². The molecule has 0 aliphatic heterocycles. The van der Waals surface area contributed by atoms with Gasteiger partial charge in [0.15, 0.2) is 5.96 Å². The molecule has 0 radical (unpaired) electrons. The summed E-state index contributed by atoms with van der Waals surface area (Å²) < 4.78 is 24.3. The first-order chi connectivity index (χ1) is 9.92. The molecule has 0 bridgehead atoms. The van der Waals surface area contributed by atoms with Crippen molar-refractivity contribution < 1.29 is 13.5 Å². The van der Waals surface area contributed by atoms with Crippen LogP contribution in [0.2, 0.25) is 0 Å². The summed E-state index contributed by atoms with van der Waals surface area (Å²) in [7, 11) is -3.15. The lowest BCUT2D eigenvalue weighted by atomic mass is 10.0. The minimum absolute atomic E-state index is 0. The molecule has 9 heteroatoms. The van der Waals surface area contributed by atoms with E-state index in [9.17, 15) is 8.42 Å². The zero-order valence-electron chi connectivity index (χ0n) is 13.8. The first kappa shape index (κ1) is 24.1. The molecule has 0 aromatic heterocycles. The van der Waals surface area contributed by atoms with Crippen molar-refractivity contribution in [2.24, 2.45) is 10.9 Å². The molecule has 0 aliphatic carbocycles. The first-order valence-corrected chi connectivity index (χ1v) is 9.39. The maximum atomic E-state index is 11.0. The highest BCUT2D eigenvalue weighted by Crippen LogP contribution is 2.10. The first-order valence-electron chi connectivity index (χ1n) is 7.50. The van der Waals surface area contributed by atoms with Gasteiger partial charge in [-0.2, -0.15) is 0 Å². The lowest BCUT2D eigenvalue weighted by molar-refractivity contribution is 0.253. The Morgan fingerprint density at radius 3 is 2.36 bits per heavy atom. The van der Waals surface area contributed by atoms with Gasteiger partial charge in [0.2, 0.25) is 10.0 Å². The molecule has 0 amide bonds. The molecular weight excluding hydrogens is 419 g/mol. The zero-order valence-corrected chi connectivity index (χ0v) is 16.9. The molecule has 0 rings (SSSR count). The van der Waals surface area contributed by atoms with E-state index >= 15 is 0 Å². The maximum absolute atomic E-state index is 11.0. The minimum Gasteiger partial charge on any atom is -0.396 e. The summed E-state index contributed by atoms with van der Waals surface area (Å²) in [6, 6.07) is 0. The van der Waals surface area contributed by atoms with E-state index in [0.717, 1.165) is 32.1 Å². The van der Waals surface area contributed by atoms with Gasteiger partial charge in [0, 0.05) is 32.8 Å². The second kappa shape index (κ2) is 14.5. The number of aliphatic imine (C=N–C) groups is 1. The van der Waals surface area contributed by atoms with Crippen LogP contribution >= 0.6 is 24.0 Å². The van der Waals surface area contributed by atoms with E-state index in [2.05, 4.69) is 27.3 Å². The molecule has 1 unspecified atom stereocenters. The number of guanidine groups is 1. The quantitative estimate of drug-likeness (QED) is 0.159. The van der Waals surface area contributed by atoms with Crippen LogP contribution in [-0.2, 0) is 10.0 Å². The van der Waals surface area contributed by atoms with E-state index in [0.29, 0.717) is 31.5 Å². The summed E-state index contributed by atoms with van der Waals surface area (Å²) in [6.45, 7) is 6.46. The summed E-state index contributed by atoms with van der Waals surface area (Å²) in [4.78, 5) is 4.49. The number of aliphatic hydroxyl groups excluding tert-OH is 1. The van der Waals surface area contributed by atoms with Crippen molar-refractivity contribution in [1.29, 1.82) is 0 Å². The fourth-order valence-electron chi connectivity index (χ4n) is 1.90. The SMILES string of the molecule is CCCC(CCO)CN=C(NCC)NCCNS(C)(=O)=O.I. The number of hydrogen-bond acceptors (Lipinski definition) is 4. The van der Waals surface area contributed by atoms with Crippen LogP contribution in [0.15, 0.2) is 4.99 Å². The van der Waals surface area contributed by atoms with Gasteiger partial charge in [-0.3, -0.25) is 4.99 Å². The average Bonchev–Trinajstić information content (AvgIpc) is 2.40. The van der Waals surface area contributed by atoms with E-state index in [4.69, 9.17) is 5.11 Å². The Balaban J connectivity index is 0. The normalized spacial score (nSPS) is 13.4. The van der Waals surface area contributed by atoms with Crippen molar-refractivity contribution in [2.45, 2.75) is 33.1 Å². The molecule has 0 saturated heterocycles. The van der Waals surface area contributed by atoms with Crippen LogP contribution in [0.1, 0.15) is 33.1 Å². The predicted octanol–water partition coefficient (Wildman–Crippen LogP) is 0.507. The van der Waals surface area contributed by atoms with Gasteiger partial charge in [-0.25, -0.2) is 13.1 Å². The van der Waals surface area contributed by atoms with Crippen molar-refractivity contribution >= 4 is 40.0 Å². The third-order valence-electron chi connectivity index (χ3n) is 2.87. The van der Waals surface area contributed by atoms with Gasteiger partial charge in [0.05, 0.1) is 6.26 Å². The number of nitrogens with one attached hydrogen (secondary N) is 3. The molecular formula is C13H31IN4O3S. The molecule has 22 heavy (non-hydrogen) atoms. The Hall–Kier alpha value is -0.130. The van der Waals surface area contributed by atoms with Gasteiger partial charge >= 0.3 is 0 Å². The Kier molecular flexibility index (Phi) is 15.9. The van der Waals surface area contributed by atoms with Gasteiger partial charge in [-0.15, -0.1) is 24.0 Å². The maximum Gasteiger partial charge on any atom is 0.208 e. The van der Waals surface area contributed by atoms with E-state index < -0.39 is 10.0 Å². The fraction of sp³-hybridized carbons (Fsp3) is 0.923. The van der Waals surface area contributed by atoms with E-state index in [1.54, 1.807) is 0 Å². The van der Waals surface area contributed by atoms with Crippen molar-refractivity contribution in [3.8, 4) is 0 Å². The van der Waals surface area contributed by atoms with Gasteiger partial charge in [0.25, 0.3) is 0 Å². The largest absolute Gasteiger partial charge is 0.396 e. The Bertz CT molecular complexity index is 385. The Morgan fingerprint density at radius 2 is 1.86 bits per heavy atom. The zero-order chi connectivity index (χ0) is 16.1. The van der Waals surface area contributed by atoms with Crippen molar-refractivity contribution in [3.05, 3.63) is 0 Å². The molecule has 4 N–H and O–H groups in total. The molecule has 0 fully saturated rings. The molecule has 0 heterocycles. The smallest absolute Gasteiger partial charge is 0.208 e. The highest BCUT2D eigenvalue weighted by atomic mass is 127. The van der Waals surface area contributed by atoms with Gasteiger partial charge in [-0.1, -0.05) is 13.3 Å². The van der Waals surface area contributed by atoms with Gasteiger partial charge < -0.3 is 15.7 Å². The second-order valence-corrected chi connectivity index (χ2v) is 6.81. The summed E-state index contributed by atoms with van der Waals surface area (Å²) in [5.74, 6) is 1.05. The number of rotatable bonds is 11. The molecule has 0 aromatic rings. The molecule has 0 spiro atoms. The third-order valence-corrected chi connectivity index (χ3v) is 3.60. The number of sulfonamides is 1. The summed E-state index contributed by atoms with van der Waals surface area (Å²) in [5.41, 5.74) is 0. The van der Waals surface area contributed by atoms with Crippen molar-refractivity contribution in [3.63, 3.8) is 0 Å². The van der Waals surface area contributed by atoms with E-state index in [-0.39, 0.29) is 30.6 Å². The standard InChI is InChI=1S/C13H30N4O3S.HI/c1-4-6-12(7-10-18)11-16-13(14-5-2)15-8-9-17-21(3,19)20;/h12,17-18H,4-11H2,1-3H3,(H2,14,15,16);1H. The monoisotopic (exact) mass is 450 g/mol. The summed E-state index contributed by atoms with van der Waals surface area (Å²) in [5, 5.41) is 15.2. The molecule has 0 aromatic carbocycles. The minimum atomic E-state index is -3.15. The van der Waals surface area contributed by atoms with Crippen LogP contribution in [0.3, 0.4) is 0 Å². The number of aliphatic hydroxyl groups is 1. The third kappa shape index (κ3) is 14.8. The highest BCUT2D eigenvalue weighted by molar-refractivity contribution is 14.0. The van der Waals surface area contributed by atoms with Crippen molar-refractivity contribution in [1.82, 2.24) is 15.4 Å². The predicted molar refractivity (Wildman–Crippen MR) is 102 cm³/mol. The fourth-order valence-corrected chi connectivity index (χ4v) is 2.37. The van der Waals surface area contributed by atoms with Crippen molar-refractivity contribution in [2.75, 3.05) is 39.0 Å². The van der Waals surface area contributed by atoms with Crippen LogP contribution in [-0.4, -0.2) is 58.5 Å². The number of halogens is 1. The van der Waals surface area contributed by atoms with Gasteiger partial charge in [-0.05, 0) is 25.7 Å². The summed E-state index contributed by atoms with van der Waals surface area (Å²) >= 11 is 0. The number of hydrogen-bond donors (Lipinski definition) is 4.